The van der Waals surface area contributed by atoms with Crippen molar-refractivity contribution in [2.45, 2.75) is 110 Å². The van der Waals surface area contributed by atoms with Crippen LogP contribution in [0.2, 0.25) is 0 Å². The lowest BCUT2D eigenvalue weighted by molar-refractivity contribution is -0.900. The van der Waals surface area contributed by atoms with E-state index >= 15 is 0 Å². The van der Waals surface area contributed by atoms with Crippen molar-refractivity contribution < 1.29 is 14.8 Å². The van der Waals surface area contributed by atoms with Gasteiger partial charge in [-0.1, -0.05) is 65.7 Å². The molecule has 0 aromatic heterocycles. The van der Waals surface area contributed by atoms with E-state index in [1.807, 2.05) is 0 Å². The molecule has 0 heterocycles. The van der Waals surface area contributed by atoms with Crippen LogP contribution in [0.5, 0.6) is 0 Å². The average molecular weight is 372 g/mol. The first-order valence-electron chi connectivity index (χ1n) is 11.4. The van der Waals surface area contributed by atoms with Crippen molar-refractivity contribution in [3.05, 3.63) is 0 Å². The fourth-order valence-corrected chi connectivity index (χ4v) is 3.31. The fourth-order valence-electron chi connectivity index (χ4n) is 3.31. The van der Waals surface area contributed by atoms with Gasteiger partial charge in [0.25, 0.3) is 0 Å². The van der Waals surface area contributed by atoms with Crippen LogP contribution < -0.4 is 10.2 Å². The summed E-state index contributed by atoms with van der Waals surface area (Å²) in [6.45, 7) is 11.1. The van der Waals surface area contributed by atoms with Gasteiger partial charge in [-0.15, -0.1) is 0 Å². The van der Waals surface area contributed by atoms with Crippen molar-refractivity contribution in [3.8, 4) is 0 Å². The standard InChI is InChI=1S/C22H46N2O2/c1-4-7-10-11-12-14-21(25)15-16-22(26)23-17-13-20-24(18-8-5-2)19-9-6-3/h21,25H,4-20H2,1-3H3,(H,23,26)/p+1. The summed E-state index contributed by atoms with van der Waals surface area (Å²) in [7, 11) is 0. The normalized spacial score (nSPS) is 12.5. The van der Waals surface area contributed by atoms with Gasteiger partial charge in [-0.05, 0) is 25.7 Å². The van der Waals surface area contributed by atoms with Crippen LogP contribution in [0.4, 0.5) is 0 Å². The molecule has 0 spiro atoms. The van der Waals surface area contributed by atoms with E-state index < -0.39 is 0 Å². The SMILES string of the molecule is CCCCCCCC(O)CCC(=O)NCCC[NH+](CCCC)CCCC. The van der Waals surface area contributed by atoms with Gasteiger partial charge in [-0.25, -0.2) is 0 Å². The Bertz CT molecular complexity index is 303. The lowest BCUT2D eigenvalue weighted by Crippen LogP contribution is -3.12. The second kappa shape index (κ2) is 19.2. The van der Waals surface area contributed by atoms with Gasteiger partial charge in [0.15, 0.2) is 0 Å². The molecule has 4 heteroatoms. The molecule has 1 amide bonds. The van der Waals surface area contributed by atoms with Crippen LogP contribution in [0, 0.1) is 0 Å². The molecule has 156 valence electrons. The third-order valence-electron chi connectivity index (χ3n) is 5.14. The van der Waals surface area contributed by atoms with Gasteiger partial charge >= 0.3 is 0 Å². The molecule has 4 nitrogen and oxygen atoms in total. The highest BCUT2D eigenvalue weighted by atomic mass is 16.3. The van der Waals surface area contributed by atoms with E-state index in [0.29, 0.717) is 12.8 Å². The molecule has 0 aromatic rings. The second-order valence-electron chi connectivity index (χ2n) is 7.81. The molecular formula is C22H47N2O2+. The molecule has 0 fully saturated rings. The van der Waals surface area contributed by atoms with Gasteiger partial charge in [0.1, 0.15) is 0 Å². The molecule has 0 aromatic carbocycles. The third kappa shape index (κ3) is 16.8. The topological polar surface area (TPSA) is 53.8 Å². The minimum Gasteiger partial charge on any atom is -0.393 e. The van der Waals surface area contributed by atoms with Crippen molar-refractivity contribution in [1.29, 1.82) is 0 Å². The van der Waals surface area contributed by atoms with Gasteiger partial charge in [0.2, 0.25) is 5.91 Å². The number of amides is 1. The lowest BCUT2D eigenvalue weighted by atomic mass is 10.0. The van der Waals surface area contributed by atoms with E-state index in [0.717, 1.165) is 32.4 Å². The Morgan fingerprint density at radius 1 is 0.808 bits per heavy atom. The van der Waals surface area contributed by atoms with E-state index in [1.165, 1.54) is 64.5 Å². The lowest BCUT2D eigenvalue weighted by Gasteiger charge is -2.19. The van der Waals surface area contributed by atoms with Crippen LogP contribution in [-0.2, 0) is 4.79 Å². The van der Waals surface area contributed by atoms with Gasteiger partial charge in [-0.3, -0.25) is 4.79 Å². The predicted octanol–water partition coefficient (Wildman–Crippen LogP) is 3.48. The van der Waals surface area contributed by atoms with Crippen molar-refractivity contribution in [3.63, 3.8) is 0 Å². The number of aliphatic hydroxyl groups is 1. The number of carbonyl (C=O) groups is 1. The number of nitrogens with one attached hydrogen (secondary N) is 2. The Morgan fingerprint density at radius 2 is 1.38 bits per heavy atom. The molecule has 0 aliphatic carbocycles. The van der Waals surface area contributed by atoms with Crippen molar-refractivity contribution in [2.75, 3.05) is 26.2 Å². The highest BCUT2D eigenvalue weighted by Crippen LogP contribution is 2.10. The van der Waals surface area contributed by atoms with Crippen LogP contribution in [0.3, 0.4) is 0 Å². The number of hydrogen-bond acceptors (Lipinski definition) is 2. The van der Waals surface area contributed by atoms with Crippen LogP contribution in [0.25, 0.3) is 0 Å². The number of aliphatic hydroxyl groups excluding tert-OH is 1. The average Bonchev–Trinajstić information content (AvgIpc) is 2.64. The quantitative estimate of drug-likeness (QED) is 0.305. The molecule has 0 radical (unpaired) electrons. The van der Waals surface area contributed by atoms with Crippen LogP contribution in [0.15, 0.2) is 0 Å². The summed E-state index contributed by atoms with van der Waals surface area (Å²) in [6.07, 6.45) is 13.8. The van der Waals surface area contributed by atoms with Crippen molar-refractivity contribution in [1.82, 2.24) is 5.32 Å². The van der Waals surface area contributed by atoms with E-state index in [-0.39, 0.29) is 12.0 Å². The zero-order valence-electron chi connectivity index (χ0n) is 18.0. The third-order valence-corrected chi connectivity index (χ3v) is 5.14. The zero-order chi connectivity index (χ0) is 19.5. The summed E-state index contributed by atoms with van der Waals surface area (Å²) in [6, 6.07) is 0. The number of quaternary nitrogens is 1. The zero-order valence-corrected chi connectivity index (χ0v) is 18.0. The molecular weight excluding hydrogens is 324 g/mol. The maximum Gasteiger partial charge on any atom is 0.220 e. The minimum atomic E-state index is -0.314. The molecule has 1 unspecified atom stereocenters. The molecule has 0 aliphatic rings. The summed E-state index contributed by atoms with van der Waals surface area (Å²) in [5.41, 5.74) is 0. The Balaban J connectivity index is 3.67. The largest absolute Gasteiger partial charge is 0.393 e. The van der Waals surface area contributed by atoms with E-state index in [2.05, 4.69) is 26.1 Å². The van der Waals surface area contributed by atoms with Gasteiger partial charge in [0.05, 0.1) is 25.7 Å². The van der Waals surface area contributed by atoms with Crippen molar-refractivity contribution in [2.24, 2.45) is 0 Å². The second-order valence-corrected chi connectivity index (χ2v) is 7.81. The molecule has 0 saturated carbocycles. The van der Waals surface area contributed by atoms with E-state index in [1.54, 1.807) is 4.90 Å². The highest BCUT2D eigenvalue weighted by molar-refractivity contribution is 5.75. The first-order valence-corrected chi connectivity index (χ1v) is 11.4. The molecule has 0 bridgehead atoms. The highest BCUT2D eigenvalue weighted by Gasteiger charge is 2.10. The van der Waals surface area contributed by atoms with Gasteiger partial charge in [-0.2, -0.15) is 0 Å². The maximum absolute atomic E-state index is 11.9. The monoisotopic (exact) mass is 371 g/mol. The summed E-state index contributed by atoms with van der Waals surface area (Å²) < 4.78 is 0. The number of carbonyl (C=O) groups excluding carboxylic acids is 1. The molecule has 0 rings (SSSR count). The van der Waals surface area contributed by atoms with Gasteiger partial charge in [0, 0.05) is 19.4 Å². The molecule has 1 atom stereocenters. The summed E-state index contributed by atoms with van der Waals surface area (Å²) in [5.74, 6) is 0.0960. The number of unbranched alkanes of at least 4 members (excludes halogenated alkanes) is 6. The Hall–Kier alpha value is -0.610. The molecule has 26 heavy (non-hydrogen) atoms. The Morgan fingerprint density at radius 3 is 2.00 bits per heavy atom. The predicted molar refractivity (Wildman–Crippen MR) is 112 cm³/mol. The Labute approximate surface area is 163 Å². The summed E-state index contributed by atoms with van der Waals surface area (Å²) >= 11 is 0. The maximum atomic E-state index is 11.9. The Kier molecular flexibility index (Phi) is 18.7. The molecule has 3 N–H and O–H groups in total. The number of hydrogen-bond donors (Lipinski definition) is 3. The first kappa shape index (κ1) is 25.4. The van der Waals surface area contributed by atoms with Crippen LogP contribution in [-0.4, -0.2) is 43.3 Å². The van der Waals surface area contributed by atoms with Gasteiger partial charge < -0.3 is 15.3 Å². The van der Waals surface area contributed by atoms with Crippen molar-refractivity contribution >= 4 is 5.91 Å². The van der Waals surface area contributed by atoms with E-state index in [9.17, 15) is 9.90 Å². The summed E-state index contributed by atoms with van der Waals surface area (Å²) in [5, 5.41) is 13.0. The fraction of sp³-hybridized carbons (Fsp3) is 0.955. The minimum absolute atomic E-state index is 0.0960. The number of rotatable bonds is 19. The smallest absolute Gasteiger partial charge is 0.220 e. The molecule has 0 saturated heterocycles. The first-order chi connectivity index (χ1) is 12.6. The van der Waals surface area contributed by atoms with Crippen LogP contribution >= 0.6 is 0 Å². The molecule has 0 aliphatic heterocycles. The summed E-state index contributed by atoms with van der Waals surface area (Å²) in [4.78, 5) is 13.6. The van der Waals surface area contributed by atoms with E-state index in [4.69, 9.17) is 0 Å². The van der Waals surface area contributed by atoms with Crippen LogP contribution in [0.1, 0.15) is 104 Å².